The highest BCUT2D eigenvalue weighted by Gasteiger charge is 2.44. The van der Waals surface area contributed by atoms with Gasteiger partial charge in [-0.15, -0.1) is 0 Å². The van der Waals surface area contributed by atoms with Crippen molar-refractivity contribution in [1.82, 2.24) is 19.8 Å². The SMILES string of the molecule is CC(C)c1cccc(C(C)C)c1O.O=C1CC2(CCCC2)CC(=O)N1CCCCN1CCN(c2ncccn2)CC1. The second-order valence-corrected chi connectivity index (χ2v) is 12.7. The van der Waals surface area contributed by atoms with Gasteiger partial charge in [-0.05, 0) is 66.7 Å². The van der Waals surface area contributed by atoms with Gasteiger partial charge in [0.05, 0.1) is 0 Å². The van der Waals surface area contributed by atoms with Crippen LogP contribution in [0.1, 0.15) is 102 Å². The summed E-state index contributed by atoms with van der Waals surface area (Å²) in [5, 5.41) is 9.93. The molecule has 224 valence electrons. The summed E-state index contributed by atoms with van der Waals surface area (Å²) in [5.74, 6) is 2.19. The Balaban J connectivity index is 0.000000251. The van der Waals surface area contributed by atoms with Crippen molar-refractivity contribution in [1.29, 1.82) is 0 Å². The third-order valence-electron chi connectivity index (χ3n) is 8.97. The van der Waals surface area contributed by atoms with Crippen molar-refractivity contribution in [2.45, 2.75) is 90.9 Å². The van der Waals surface area contributed by atoms with Crippen LogP contribution < -0.4 is 4.90 Å². The van der Waals surface area contributed by atoms with Crippen molar-refractivity contribution in [3.05, 3.63) is 47.8 Å². The summed E-state index contributed by atoms with van der Waals surface area (Å²) in [5.41, 5.74) is 2.10. The van der Waals surface area contributed by atoms with E-state index in [1.54, 1.807) is 12.4 Å². The monoisotopic (exact) mass is 563 g/mol. The minimum absolute atomic E-state index is 0.00676. The molecule has 0 atom stereocenters. The van der Waals surface area contributed by atoms with Gasteiger partial charge in [0, 0.05) is 58.0 Å². The first kappa shape index (κ1) is 30.9. The molecule has 1 aromatic heterocycles. The third-order valence-corrected chi connectivity index (χ3v) is 8.97. The van der Waals surface area contributed by atoms with Crippen molar-refractivity contribution in [2.24, 2.45) is 5.41 Å². The fraction of sp³-hybridized carbons (Fsp3) is 0.636. The number of piperazine rings is 1. The molecule has 1 spiro atoms. The molecule has 2 saturated heterocycles. The van der Waals surface area contributed by atoms with Gasteiger partial charge < -0.3 is 10.0 Å². The number of phenolic OH excluding ortho intramolecular Hbond substituents is 1. The Morgan fingerprint density at radius 2 is 1.34 bits per heavy atom. The van der Waals surface area contributed by atoms with Gasteiger partial charge >= 0.3 is 0 Å². The number of unbranched alkanes of at least 4 members (excludes halogenated alkanes) is 1. The Bertz CT molecular complexity index is 1090. The van der Waals surface area contributed by atoms with E-state index in [-0.39, 0.29) is 17.2 Å². The molecule has 1 N–H and O–H groups in total. The summed E-state index contributed by atoms with van der Waals surface area (Å²) in [7, 11) is 0. The van der Waals surface area contributed by atoms with E-state index in [0.717, 1.165) is 75.5 Å². The molecule has 8 heteroatoms. The van der Waals surface area contributed by atoms with Gasteiger partial charge in [-0.25, -0.2) is 9.97 Å². The van der Waals surface area contributed by atoms with Crippen LogP contribution in [0.25, 0.3) is 0 Å². The summed E-state index contributed by atoms with van der Waals surface area (Å²) in [6.45, 7) is 13.9. The summed E-state index contributed by atoms with van der Waals surface area (Å²) in [6, 6.07) is 7.84. The lowest BCUT2D eigenvalue weighted by atomic mass is 9.76. The molecule has 0 radical (unpaired) electrons. The Morgan fingerprint density at radius 3 is 1.88 bits per heavy atom. The van der Waals surface area contributed by atoms with E-state index in [9.17, 15) is 14.7 Å². The van der Waals surface area contributed by atoms with Crippen molar-refractivity contribution in [3.63, 3.8) is 0 Å². The normalized spacial score (nSPS) is 19.3. The minimum atomic E-state index is 0.00676. The van der Waals surface area contributed by atoms with Crippen LogP contribution in [0.15, 0.2) is 36.7 Å². The van der Waals surface area contributed by atoms with Crippen LogP contribution >= 0.6 is 0 Å². The maximum Gasteiger partial charge on any atom is 0.229 e. The number of rotatable bonds is 8. The molecule has 41 heavy (non-hydrogen) atoms. The second kappa shape index (κ2) is 14.3. The number of nitrogens with zero attached hydrogens (tertiary/aromatic N) is 5. The number of carbonyl (C=O) groups is 2. The molecular weight excluding hydrogens is 514 g/mol. The van der Waals surface area contributed by atoms with Gasteiger partial charge in [0.25, 0.3) is 0 Å². The standard InChI is InChI=1S/C21H31N5O2.C12H18O/c27-18-16-21(6-1-2-7-21)17-19(28)26(18)11-4-3-10-24-12-14-25(15-13-24)20-22-8-5-9-23-20;1-8(2)10-6-5-7-11(9(3)4)12(10)13/h5,8-9H,1-4,6-7,10-17H2;5-9,13H,1-4H3. The minimum Gasteiger partial charge on any atom is -0.507 e. The number of para-hydroxylation sites is 1. The molecule has 3 fully saturated rings. The molecule has 2 aliphatic heterocycles. The molecule has 0 bridgehead atoms. The molecule has 5 rings (SSSR count). The number of piperidine rings is 1. The molecule has 1 aromatic carbocycles. The smallest absolute Gasteiger partial charge is 0.229 e. The van der Waals surface area contributed by atoms with E-state index in [1.807, 2.05) is 24.3 Å². The van der Waals surface area contributed by atoms with Crippen LogP contribution in [-0.4, -0.2) is 76.0 Å². The van der Waals surface area contributed by atoms with Crippen LogP contribution in [-0.2, 0) is 9.59 Å². The molecule has 1 saturated carbocycles. The summed E-state index contributed by atoms with van der Waals surface area (Å²) < 4.78 is 0. The van der Waals surface area contributed by atoms with E-state index < -0.39 is 0 Å². The average molecular weight is 564 g/mol. The van der Waals surface area contributed by atoms with E-state index in [4.69, 9.17) is 0 Å². The molecule has 2 amide bonds. The molecule has 3 heterocycles. The number of likely N-dealkylation sites (tertiary alicyclic amines) is 1. The Kier molecular flexibility index (Phi) is 10.8. The van der Waals surface area contributed by atoms with Crippen molar-refractivity contribution in [2.75, 3.05) is 44.2 Å². The number of carbonyl (C=O) groups excluding carboxylic acids is 2. The average Bonchev–Trinajstić information content (AvgIpc) is 3.40. The van der Waals surface area contributed by atoms with Crippen molar-refractivity contribution < 1.29 is 14.7 Å². The number of aromatic hydroxyl groups is 1. The van der Waals surface area contributed by atoms with E-state index in [0.29, 0.717) is 37.0 Å². The van der Waals surface area contributed by atoms with Crippen LogP contribution in [0, 0.1) is 5.41 Å². The van der Waals surface area contributed by atoms with E-state index in [1.165, 1.54) is 17.7 Å². The van der Waals surface area contributed by atoms with Crippen LogP contribution in [0.3, 0.4) is 0 Å². The number of amides is 2. The van der Waals surface area contributed by atoms with E-state index in [2.05, 4.69) is 47.5 Å². The number of phenols is 1. The lowest BCUT2D eigenvalue weighted by Crippen LogP contribution is -2.48. The van der Waals surface area contributed by atoms with Crippen LogP contribution in [0.4, 0.5) is 5.95 Å². The number of hydrogen-bond acceptors (Lipinski definition) is 7. The number of hydrogen-bond donors (Lipinski definition) is 1. The summed E-state index contributed by atoms with van der Waals surface area (Å²) >= 11 is 0. The number of anilines is 1. The summed E-state index contributed by atoms with van der Waals surface area (Å²) in [6.07, 6.45) is 11.1. The highest BCUT2D eigenvalue weighted by atomic mass is 16.3. The Morgan fingerprint density at radius 1 is 0.805 bits per heavy atom. The van der Waals surface area contributed by atoms with E-state index >= 15 is 0 Å². The molecule has 2 aromatic rings. The zero-order valence-corrected chi connectivity index (χ0v) is 25.5. The van der Waals surface area contributed by atoms with Gasteiger partial charge in [0.15, 0.2) is 0 Å². The van der Waals surface area contributed by atoms with Crippen LogP contribution in [0.2, 0.25) is 0 Å². The first-order valence-corrected chi connectivity index (χ1v) is 15.6. The fourth-order valence-electron chi connectivity index (χ4n) is 6.51. The molecule has 1 aliphatic carbocycles. The van der Waals surface area contributed by atoms with Gasteiger partial charge in [0.1, 0.15) is 5.75 Å². The zero-order valence-electron chi connectivity index (χ0n) is 25.5. The van der Waals surface area contributed by atoms with Gasteiger partial charge in [0.2, 0.25) is 17.8 Å². The lowest BCUT2D eigenvalue weighted by Gasteiger charge is -2.37. The third kappa shape index (κ3) is 8.06. The number of benzene rings is 1. The lowest BCUT2D eigenvalue weighted by molar-refractivity contribution is -0.153. The Hall–Kier alpha value is -3.00. The van der Waals surface area contributed by atoms with Gasteiger partial charge in [-0.2, -0.15) is 0 Å². The van der Waals surface area contributed by atoms with Crippen molar-refractivity contribution in [3.8, 4) is 5.75 Å². The topological polar surface area (TPSA) is 89.9 Å². The first-order chi connectivity index (χ1) is 19.7. The quantitative estimate of drug-likeness (QED) is 0.324. The van der Waals surface area contributed by atoms with Crippen LogP contribution in [0.5, 0.6) is 5.75 Å². The maximum atomic E-state index is 12.5. The highest BCUT2D eigenvalue weighted by Crippen LogP contribution is 2.46. The second-order valence-electron chi connectivity index (χ2n) is 12.7. The van der Waals surface area contributed by atoms with Gasteiger partial charge in [-0.3, -0.25) is 19.4 Å². The molecule has 8 nitrogen and oxygen atoms in total. The zero-order chi connectivity index (χ0) is 29.4. The number of aromatic nitrogens is 2. The summed E-state index contributed by atoms with van der Waals surface area (Å²) in [4.78, 5) is 39.9. The highest BCUT2D eigenvalue weighted by molar-refractivity contribution is 5.98. The first-order valence-electron chi connectivity index (χ1n) is 15.6. The predicted octanol–water partition coefficient (Wildman–Crippen LogP) is 5.73. The molecule has 3 aliphatic rings. The predicted molar refractivity (Wildman–Crippen MR) is 163 cm³/mol. The van der Waals surface area contributed by atoms with Crippen molar-refractivity contribution >= 4 is 17.8 Å². The fourth-order valence-corrected chi connectivity index (χ4v) is 6.51. The molecule has 0 unspecified atom stereocenters. The Labute approximate surface area is 246 Å². The maximum absolute atomic E-state index is 12.5. The number of imide groups is 1. The largest absolute Gasteiger partial charge is 0.507 e. The van der Waals surface area contributed by atoms with Gasteiger partial charge in [-0.1, -0.05) is 58.7 Å². The molecular formula is C33H49N5O3.